The fourth-order valence-electron chi connectivity index (χ4n) is 2.07. The van der Waals surface area contributed by atoms with Gasteiger partial charge in [0.2, 0.25) is 0 Å². The van der Waals surface area contributed by atoms with Crippen molar-refractivity contribution in [3.63, 3.8) is 0 Å². The van der Waals surface area contributed by atoms with Crippen LogP contribution in [-0.4, -0.2) is 35.2 Å². The van der Waals surface area contributed by atoms with Crippen LogP contribution in [-0.2, 0) is 19.6 Å². The van der Waals surface area contributed by atoms with Crippen molar-refractivity contribution in [1.82, 2.24) is 0 Å². The van der Waals surface area contributed by atoms with Crippen molar-refractivity contribution < 1.29 is 22.7 Å². The van der Waals surface area contributed by atoms with Crippen LogP contribution in [0.2, 0.25) is 10.0 Å². The van der Waals surface area contributed by atoms with Gasteiger partial charge in [-0.3, -0.25) is 9.10 Å². The second-order valence-electron chi connectivity index (χ2n) is 4.84. The second kappa shape index (κ2) is 7.95. The van der Waals surface area contributed by atoms with E-state index in [4.69, 9.17) is 27.9 Å². The molecule has 25 heavy (non-hydrogen) atoms. The molecular weight excluding hydrogens is 389 g/mol. The molecule has 2 aromatic rings. The minimum atomic E-state index is -4.12. The van der Waals surface area contributed by atoms with E-state index >= 15 is 0 Å². The molecule has 0 atom stereocenters. The summed E-state index contributed by atoms with van der Waals surface area (Å²) < 4.78 is 36.6. The molecule has 0 unspecified atom stereocenters. The molecule has 0 aromatic heterocycles. The Balaban J connectivity index is 2.57. The quantitative estimate of drug-likeness (QED) is 0.691. The Kier molecular flexibility index (Phi) is 6.16. The number of nitrogens with zero attached hydrogens (tertiary/aromatic N) is 1. The molecule has 0 saturated heterocycles. The first-order valence-electron chi connectivity index (χ1n) is 6.99. The van der Waals surface area contributed by atoms with Gasteiger partial charge < -0.3 is 9.47 Å². The van der Waals surface area contributed by atoms with Crippen molar-refractivity contribution in [3.05, 3.63) is 52.5 Å². The number of halogens is 2. The SMILES string of the molecule is COC(=O)CN(c1ccccc1Cl)S(=O)(=O)c1ccc(OC)c(Cl)c1. The number of hydrogen-bond donors (Lipinski definition) is 0. The standard InChI is InChI=1S/C16H15Cl2NO5S/c1-23-15-8-7-11(9-13(15)18)25(21,22)19(10-16(20)24-2)14-6-4-3-5-12(14)17/h3-9H,10H2,1-2H3. The lowest BCUT2D eigenvalue weighted by molar-refractivity contribution is -0.138. The predicted octanol–water partition coefficient (Wildman–Crippen LogP) is 3.37. The van der Waals surface area contributed by atoms with Crippen LogP contribution in [0.25, 0.3) is 0 Å². The zero-order chi connectivity index (χ0) is 18.6. The lowest BCUT2D eigenvalue weighted by atomic mass is 10.3. The number of benzene rings is 2. The zero-order valence-electron chi connectivity index (χ0n) is 13.4. The summed E-state index contributed by atoms with van der Waals surface area (Å²) in [5, 5.41) is 0.301. The third kappa shape index (κ3) is 4.18. The first-order chi connectivity index (χ1) is 11.8. The number of carbonyl (C=O) groups excluding carboxylic acids is 1. The van der Waals surface area contributed by atoms with Crippen LogP contribution in [0.1, 0.15) is 0 Å². The molecule has 0 heterocycles. The molecule has 0 aliphatic carbocycles. The minimum Gasteiger partial charge on any atom is -0.495 e. The summed E-state index contributed by atoms with van der Waals surface area (Å²) in [4.78, 5) is 11.6. The summed E-state index contributed by atoms with van der Waals surface area (Å²) in [6, 6.07) is 10.3. The number of methoxy groups -OCH3 is 2. The van der Waals surface area contributed by atoms with E-state index in [1.54, 1.807) is 12.1 Å². The van der Waals surface area contributed by atoms with E-state index in [0.29, 0.717) is 5.75 Å². The first kappa shape index (κ1) is 19.4. The fourth-order valence-corrected chi connectivity index (χ4v) is 4.14. The van der Waals surface area contributed by atoms with Crippen molar-refractivity contribution in [3.8, 4) is 5.75 Å². The number of hydrogen-bond acceptors (Lipinski definition) is 5. The summed E-state index contributed by atoms with van der Waals surface area (Å²) in [5.41, 5.74) is 0.154. The van der Waals surface area contributed by atoms with Gasteiger partial charge in [-0.05, 0) is 30.3 Å². The van der Waals surface area contributed by atoms with Crippen molar-refractivity contribution in [2.75, 3.05) is 25.1 Å². The van der Waals surface area contributed by atoms with E-state index in [2.05, 4.69) is 4.74 Å². The van der Waals surface area contributed by atoms with E-state index < -0.39 is 22.5 Å². The summed E-state index contributed by atoms with van der Waals surface area (Å²) in [7, 11) is -1.53. The first-order valence-corrected chi connectivity index (χ1v) is 9.18. The van der Waals surface area contributed by atoms with Gasteiger partial charge in [0.05, 0.1) is 34.8 Å². The molecule has 0 radical (unpaired) electrons. The maximum atomic E-state index is 13.0. The van der Waals surface area contributed by atoms with Gasteiger partial charge in [0.25, 0.3) is 10.0 Å². The number of ether oxygens (including phenoxy) is 2. The zero-order valence-corrected chi connectivity index (χ0v) is 15.7. The Morgan fingerprint density at radius 3 is 2.32 bits per heavy atom. The summed E-state index contributed by atoms with van der Waals surface area (Å²) in [6.45, 7) is -0.536. The molecule has 0 N–H and O–H groups in total. The molecule has 0 aliphatic heterocycles. The average molecular weight is 404 g/mol. The Bertz CT molecular complexity index is 886. The molecule has 0 fully saturated rings. The highest BCUT2D eigenvalue weighted by atomic mass is 35.5. The van der Waals surface area contributed by atoms with Crippen molar-refractivity contribution in [1.29, 1.82) is 0 Å². The maximum Gasteiger partial charge on any atom is 0.326 e. The minimum absolute atomic E-state index is 0.109. The van der Waals surface area contributed by atoms with Crippen LogP contribution in [0, 0.1) is 0 Å². The van der Waals surface area contributed by atoms with Crippen molar-refractivity contribution in [2.24, 2.45) is 0 Å². The topological polar surface area (TPSA) is 72.9 Å². The van der Waals surface area contributed by atoms with E-state index in [0.717, 1.165) is 4.31 Å². The molecular formula is C16H15Cl2NO5S. The number of carbonyl (C=O) groups is 1. The van der Waals surface area contributed by atoms with E-state index in [1.165, 1.54) is 44.6 Å². The van der Waals surface area contributed by atoms with Crippen LogP contribution in [0.5, 0.6) is 5.75 Å². The van der Waals surface area contributed by atoms with Gasteiger partial charge in [0, 0.05) is 0 Å². The summed E-state index contributed by atoms with van der Waals surface area (Å²) >= 11 is 12.1. The lowest BCUT2D eigenvalue weighted by Crippen LogP contribution is -2.36. The van der Waals surface area contributed by atoms with Gasteiger partial charge in [-0.2, -0.15) is 0 Å². The smallest absolute Gasteiger partial charge is 0.326 e. The Morgan fingerprint density at radius 2 is 1.76 bits per heavy atom. The van der Waals surface area contributed by atoms with Gasteiger partial charge in [-0.25, -0.2) is 8.42 Å². The second-order valence-corrected chi connectivity index (χ2v) is 7.51. The maximum absolute atomic E-state index is 13.0. The van der Waals surface area contributed by atoms with Gasteiger partial charge in [0.15, 0.2) is 0 Å². The summed E-state index contributed by atoms with van der Waals surface area (Å²) in [5.74, 6) is -0.402. The van der Waals surface area contributed by atoms with E-state index in [1.807, 2.05) is 0 Å². The molecule has 134 valence electrons. The summed E-state index contributed by atoms with van der Waals surface area (Å²) in [6.07, 6.45) is 0. The van der Waals surface area contributed by atoms with Crippen LogP contribution < -0.4 is 9.04 Å². The van der Waals surface area contributed by atoms with E-state index in [9.17, 15) is 13.2 Å². The molecule has 0 aliphatic rings. The molecule has 0 bridgehead atoms. The number of anilines is 1. The number of para-hydroxylation sites is 1. The lowest BCUT2D eigenvalue weighted by Gasteiger charge is -2.24. The fraction of sp³-hybridized carbons (Fsp3) is 0.188. The molecule has 0 amide bonds. The molecule has 2 rings (SSSR count). The highest BCUT2D eigenvalue weighted by Gasteiger charge is 2.29. The van der Waals surface area contributed by atoms with Crippen LogP contribution in [0.3, 0.4) is 0 Å². The third-order valence-corrected chi connectivity index (χ3v) is 5.70. The Labute approximate surface area is 155 Å². The van der Waals surface area contributed by atoms with E-state index in [-0.39, 0.29) is 20.6 Å². The number of rotatable bonds is 6. The molecule has 2 aromatic carbocycles. The van der Waals surface area contributed by atoms with Crippen LogP contribution in [0.15, 0.2) is 47.4 Å². The van der Waals surface area contributed by atoms with Gasteiger partial charge in [-0.1, -0.05) is 35.3 Å². The molecule has 0 saturated carbocycles. The van der Waals surface area contributed by atoms with Gasteiger partial charge in [0.1, 0.15) is 12.3 Å². The molecule has 0 spiro atoms. The predicted molar refractivity (Wildman–Crippen MR) is 96.0 cm³/mol. The Morgan fingerprint density at radius 1 is 1.08 bits per heavy atom. The van der Waals surface area contributed by atoms with Crippen LogP contribution >= 0.6 is 23.2 Å². The van der Waals surface area contributed by atoms with Crippen molar-refractivity contribution >= 4 is 44.9 Å². The van der Waals surface area contributed by atoms with Crippen molar-refractivity contribution in [2.45, 2.75) is 4.90 Å². The highest BCUT2D eigenvalue weighted by molar-refractivity contribution is 7.92. The largest absolute Gasteiger partial charge is 0.495 e. The van der Waals surface area contributed by atoms with Gasteiger partial charge in [-0.15, -0.1) is 0 Å². The monoisotopic (exact) mass is 403 g/mol. The average Bonchev–Trinajstić information content (AvgIpc) is 2.60. The third-order valence-electron chi connectivity index (χ3n) is 3.33. The molecule has 9 heteroatoms. The normalized spacial score (nSPS) is 11.0. The van der Waals surface area contributed by atoms with Gasteiger partial charge >= 0.3 is 5.97 Å². The number of esters is 1. The highest BCUT2D eigenvalue weighted by Crippen LogP contribution is 2.33. The Hall–Kier alpha value is -1.96. The van der Waals surface area contributed by atoms with Crippen LogP contribution in [0.4, 0.5) is 5.69 Å². The molecule has 6 nitrogen and oxygen atoms in total. The number of sulfonamides is 1.